The molecule has 2 fully saturated rings. The van der Waals surface area contributed by atoms with Crippen molar-refractivity contribution in [2.45, 2.75) is 63.7 Å². The van der Waals surface area contributed by atoms with Crippen molar-refractivity contribution in [2.24, 2.45) is 5.92 Å². The van der Waals surface area contributed by atoms with Gasteiger partial charge in [0.05, 0.1) is 6.04 Å². The molecule has 1 saturated heterocycles. The van der Waals surface area contributed by atoms with Gasteiger partial charge in [-0.15, -0.1) is 0 Å². The van der Waals surface area contributed by atoms with Crippen molar-refractivity contribution in [1.82, 2.24) is 20.4 Å². The van der Waals surface area contributed by atoms with Gasteiger partial charge in [0, 0.05) is 44.6 Å². The second-order valence-electron chi connectivity index (χ2n) is 10.4. The molecule has 1 aliphatic carbocycles. The van der Waals surface area contributed by atoms with Crippen molar-refractivity contribution in [3.8, 4) is 0 Å². The van der Waals surface area contributed by atoms with Crippen LogP contribution in [-0.2, 0) is 27.5 Å². The molecule has 8 heteroatoms. The number of fused-ring (bicyclic) bond motifs is 1. The molecule has 2 N–H and O–H groups in total. The van der Waals surface area contributed by atoms with E-state index in [0.29, 0.717) is 31.6 Å². The molecule has 2 heterocycles. The Morgan fingerprint density at radius 3 is 2.57 bits per heavy atom. The first kappa shape index (κ1) is 25.1. The molecule has 5 rings (SSSR count). The monoisotopic (exact) mass is 502 g/mol. The Labute approximate surface area is 217 Å². The molecule has 2 aliphatic heterocycles. The lowest BCUT2D eigenvalue weighted by Gasteiger charge is -2.31. The van der Waals surface area contributed by atoms with E-state index in [4.69, 9.17) is 0 Å². The first-order valence-electron chi connectivity index (χ1n) is 13.2. The fourth-order valence-electron chi connectivity index (χ4n) is 5.86. The smallest absolute Gasteiger partial charge is 0.255 e. The van der Waals surface area contributed by atoms with E-state index >= 15 is 0 Å². The third-order valence-electron chi connectivity index (χ3n) is 7.96. The number of hydrogen-bond donors (Lipinski definition) is 2. The molecule has 0 radical (unpaired) electrons. The number of imide groups is 1. The van der Waals surface area contributed by atoms with Gasteiger partial charge in [-0.25, -0.2) is 0 Å². The number of nitrogens with one attached hydrogen (secondary N) is 2. The van der Waals surface area contributed by atoms with Crippen LogP contribution in [0.5, 0.6) is 0 Å². The minimum absolute atomic E-state index is 0.0756. The number of carbonyl (C=O) groups excluding carboxylic acids is 4. The molecule has 37 heavy (non-hydrogen) atoms. The lowest BCUT2D eigenvalue weighted by atomic mass is 10.0. The van der Waals surface area contributed by atoms with Crippen LogP contribution in [0.3, 0.4) is 0 Å². The second kappa shape index (κ2) is 10.8. The molecule has 0 bridgehead atoms. The van der Waals surface area contributed by atoms with Crippen LogP contribution in [0.4, 0.5) is 0 Å². The van der Waals surface area contributed by atoms with E-state index in [1.807, 2.05) is 48.3 Å². The average Bonchev–Trinajstić information content (AvgIpc) is 3.55. The van der Waals surface area contributed by atoms with Crippen molar-refractivity contribution in [3.05, 3.63) is 70.8 Å². The molecule has 2 aromatic carbocycles. The lowest BCUT2D eigenvalue weighted by molar-refractivity contribution is -0.137. The number of likely N-dealkylation sites (N-methyl/N-ethyl adjacent to an activating group) is 1. The number of nitrogens with zero attached hydrogens (tertiary/aromatic N) is 2. The number of hydrogen-bond acceptors (Lipinski definition) is 5. The van der Waals surface area contributed by atoms with Crippen LogP contribution >= 0.6 is 0 Å². The van der Waals surface area contributed by atoms with E-state index in [-0.39, 0.29) is 36.1 Å². The Bertz CT molecular complexity index is 1190. The third-order valence-corrected chi connectivity index (χ3v) is 7.96. The molecular formula is C29H34N4O4. The maximum Gasteiger partial charge on any atom is 0.255 e. The molecule has 0 spiro atoms. The van der Waals surface area contributed by atoms with E-state index in [0.717, 1.165) is 42.4 Å². The zero-order valence-corrected chi connectivity index (χ0v) is 21.2. The van der Waals surface area contributed by atoms with Crippen molar-refractivity contribution >= 4 is 23.6 Å². The summed E-state index contributed by atoms with van der Waals surface area (Å²) in [6.45, 7) is 1.56. The van der Waals surface area contributed by atoms with Crippen LogP contribution in [0.25, 0.3) is 0 Å². The molecule has 3 aliphatic rings. The Kier molecular flexibility index (Phi) is 7.37. The highest BCUT2D eigenvalue weighted by molar-refractivity contribution is 6.05. The first-order chi connectivity index (χ1) is 17.9. The number of piperidine rings is 1. The van der Waals surface area contributed by atoms with Crippen LogP contribution in [0, 0.1) is 5.92 Å². The third kappa shape index (κ3) is 5.30. The molecule has 4 amide bonds. The maximum absolute atomic E-state index is 13.2. The molecule has 2 unspecified atom stereocenters. The van der Waals surface area contributed by atoms with Gasteiger partial charge in [-0.3, -0.25) is 24.5 Å². The Hall–Kier alpha value is -3.52. The number of rotatable bonds is 8. The van der Waals surface area contributed by atoms with Gasteiger partial charge in [-0.05, 0) is 42.0 Å². The van der Waals surface area contributed by atoms with Gasteiger partial charge in [-0.1, -0.05) is 55.3 Å². The Balaban J connectivity index is 1.24. The topological polar surface area (TPSA) is 98.8 Å². The standard InChI is InChI=1S/C29H34N4O4/c1-32(28(36)21-9-5-6-10-21)25(20-7-3-2-4-8-20)17-30-16-19-11-12-23-22(15-19)18-33(29(23)37)24-13-14-26(34)31-27(24)35/h2-4,7-8,11-12,15,21,24-25,30H,5-6,9-10,13-14,16-18H2,1H3,(H,31,34,35). The summed E-state index contributed by atoms with van der Waals surface area (Å²) in [5.74, 6) is -0.513. The highest BCUT2D eigenvalue weighted by Crippen LogP contribution is 2.30. The predicted molar refractivity (Wildman–Crippen MR) is 138 cm³/mol. The van der Waals surface area contributed by atoms with Gasteiger partial charge in [0.15, 0.2) is 0 Å². The molecule has 8 nitrogen and oxygen atoms in total. The van der Waals surface area contributed by atoms with E-state index < -0.39 is 11.9 Å². The minimum atomic E-state index is -0.612. The fourth-order valence-corrected chi connectivity index (χ4v) is 5.86. The highest BCUT2D eigenvalue weighted by Gasteiger charge is 2.39. The molecule has 2 aromatic rings. The molecular weight excluding hydrogens is 468 g/mol. The average molecular weight is 503 g/mol. The van der Waals surface area contributed by atoms with E-state index in [2.05, 4.69) is 22.8 Å². The van der Waals surface area contributed by atoms with E-state index in [1.165, 1.54) is 0 Å². The summed E-state index contributed by atoms with van der Waals surface area (Å²) >= 11 is 0. The van der Waals surface area contributed by atoms with Gasteiger partial charge >= 0.3 is 0 Å². The summed E-state index contributed by atoms with van der Waals surface area (Å²) in [4.78, 5) is 53.4. The van der Waals surface area contributed by atoms with Crippen LogP contribution < -0.4 is 10.6 Å². The van der Waals surface area contributed by atoms with Crippen LogP contribution in [0.1, 0.15) is 71.6 Å². The van der Waals surface area contributed by atoms with Gasteiger partial charge < -0.3 is 15.1 Å². The molecule has 2 atom stereocenters. The predicted octanol–water partition coefficient (Wildman–Crippen LogP) is 2.93. The molecule has 0 aromatic heterocycles. The SMILES string of the molecule is CN(C(=O)C1CCCC1)C(CNCc1ccc2c(c1)CN(C1CCC(=O)NC1=O)C2=O)c1ccccc1. The summed E-state index contributed by atoms with van der Waals surface area (Å²) in [6.07, 6.45) is 4.79. The van der Waals surface area contributed by atoms with Gasteiger partial charge in [0.2, 0.25) is 17.7 Å². The largest absolute Gasteiger partial charge is 0.337 e. The van der Waals surface area contributed by atoms with Crippen molar-refractivity contribution in [3.63, 3.8) is 0 Å². The number of benzene rings is 2. The zero-order valence-electron chi connectivity index (χ0n) is 21.2. The number of amides is 4. The Morgan fingerprint density at radius 2 is 1.84 bits per heavy atom. The zero-order chi connectivity index (χ0) is 25.9. The second-order valence-corrected chi connectivity index (χ2v) is 10.4. The molecule has 194 valence electrons. The first-order valence-corrected chi connectivity index (χ1v) is 13.2. The van der Waals surface area contributed by atoms with Gasteiger partial charge in [-0.2, -0.15) is 0 Å². The summed E-state index contributed by atoms with van der Waals surface area (Å²) in [6, 6.07) is 15.2. The summed E-state index contributed by atoms with van der Waals surface area (Å²) < 4.78 is 0. The quantitative estimate of drug-likeness (QED) is 0.541. The normalized spacial score (nSPS) is 20.6. The van der Waals surface area contributed by atoms with Crippen LogP contribution in [-0.4, -0.2) is 53.1 Å². The molecule has 1 saturated carbocycles. The highest BCUT2D eigenvalue weighted by atomic mass is 16.2. The lowest BCUT2D eigenvalue weighted by Crippen LogP contribution is -2.52. The van der Waals surface area contributed by atoms with Gasteiger partial charge in [0.25, 0.3) is 5.91 Å². The van der Waals surface area contributed by atoms with E-state index in [1.54, 1.807) is 4.90 Å². The van der Waals surface area contributed by atoms with E-state index in [9.17, 15) is 19.2 Å². The van der Waals surface area contributed by atoms with Gasteiger partial charge in [0.1, 0.15) is 6.04 Å². The summed E-state index contributed by atoms with van der Waals surface area (Å²) in [7, 11) is 1.91. The fraction of sp³-hybridized carbons (Fsp3) is 0.448. The van der Waals surface area contributed by atoms with Crippen LogP contribution in [0.15, 0.2) is 48.5 Å². The maximum atomic E-state index is 13.2. The number of carbonyl (C=O) groups is 4. The summed E-state index contributed by atoms with van der Waals surface area (Å²) in [5, 5.41) is 5.86. The van der Waals surface area contributed by atoms with Crippen molar-refractivity contribution < 1.29 is 19.2 Å². The Morgan fingerprint density at radius 1 is 1.08 bits per heavy atom. The van der Waals surface area contributed by atoms with Crippen molar-refractivity contribution in [1.29, 1.82) is 0 Å². The van der Waals surface area contributed by atoms with Crippen LogP contribution in [0.2, 0.25) is 0 Å². The summed E-state index contributed by atoms with van der Waals surface area (Å²) in [5.41, 5.74) is 3.64. The van der Waals surface area contributed by atoms with Crippen molar-refractivity contribution in [2.75, 3.05) is 13.6 Å². The minimum Gasteiger partial charge on any atom is -0.337 e.